The fourth-order valence-corrected chi connectivity index (χ4v) is 15.5. The number of hydrogen-bond acceptors (Lipinski definition) is 3. The highest BCUT2D eigenvalue weighted by Crippen LogP contribution is 2.40. The minimum atomic E-state index is -0.323. The SMILES string of the molecule is C=CCN(C)N(C(=O)CC(=O)N(CC=C)C(CCCCCCCCCCCC)(CCCCCCCCCCCC)CCCCCCCCCCCCC)C(CCCCCCCCCCCC)(CCCCCCCCCCCC)CCCCCCCCCCCCC. The molecule has 0 saturated carbocycles. The molecule has 0 N–H and O–H groups in total. The summed E-state index contributed by atoms with van der Waals surface area (Å²) in [7, 11) is 2.16. The van der Waals surface area contributed by atoms with Gasteiger partial charge in [0, 0.05) is 25.7 Å². The van der Waals surface area contributed by atoms with Crippen molar-refractivity contribution in [3.8, 4) is 0 Å². The summed E-state index contributed by atoms with van der Waals surface area (Å²) in [5.41, 5.74) is -0.585. The minimum absolute atomic E-state index is 0.0344. The Labute approximate surface area is 574 Å². The van der Waals surface area contributed by atoms with Crippen molar-refractivity contribution >= 4 is 11.8 Å². The van der Waals surface area contributed by atoms with E-state index in [0.717, 1.165) is 77.0 Å². The van der Waals surface area contributed by atoms with Gasteiger partial charge in [0.25, 0.3) is 0 Å². The van der Waals surface area contributed by atoms with Gasteiger partial charge in [0.05, 0.1) is 5.54 Å². The van der Waals surface area contributed by atoms with Crippen LogP contribution in [0.3, 0.4) is 0 Å². The summed E-state index contributed by atoms with van der Waals surface area (Å²) in [5.74, 6) is 0.0951. The first-order chi connectivity index (χ1) is 44.7. The highest BCUT2D eigenvalue weighted by molar-refractivity contribution is 5.97. The Balaban J connectivity index is 7.39. The molecule has 0 aromatic rings. The van der Waals surface area contributed by atoms with Crippen LogP contribution in [-0.2, 0) is 9.59 Å². The first-order valence-electron chi connectivity index (χ1n) is 42.3. The molecule has 0 aliphatic carbocycles. The zero-order chi connectivity index (χ0) is 66.5. The number of amides is 2. The molecule has 0 radical (unpaired) electrons. The molecule has 540 valence electrons. The second kappa shape index (κ2) is 69.7. The first kappa shape index (κ1) is 89.4. The van der Waals surface area contributed by atoms with E-state index >= 15 is 9.59 Å². The fourth-order valence-electron chi connectivity index (χ4n) is 15.5. The van der Waals surface area contributed by atoms with Gasteiger partial charge in [-0.2, -0.15) is 0 Å². The van der Waals surface area contributed by atoms with Crippen molar-refractivity contribution in [3.63, 3.8) is 0 Å². The van der Waals surface area contributed by atoms with E-state index in [1.807, 2.05) is 12.2 Å². The molecular weight excluding hydrogens is 1110 g/mol. The molecule has 0 atom stereocenters. The number of unbranched alkanes of at least 4 members (excludes halogenated alkanes) is 56. The lowest BCUT2D eigenvalue weighted by Gasteiger charge is -2.49. The van der Waals surface area contributed by atoms with Gasteiger partial charge < -0.3 is 4.90 Å². The molecule has 0 aliphatic heterocycles. The van der Waals surface area contributed by atoms with Gasteiger partial charge in [0.2, 0.25) is 11.8 Å². The standard InChI is InChI=1S/C86H169N3O2/c1-10-18-24-30-36-42-48-54-58-64-70-76-85(74-68-62-56-50-44-38-32-26-20-12-3,75-69-63-57-51-45-39-33-27-21-13-4)88(81-17-8)83(90)82-84(91)89(87(9)80-16-7)86(77-71-65-59-52-46-40-34-28-22-14-5,78-72-66-60-53-47-41-35-29-23-15-6)79-73-67-61-55-49-43-37-31-25-19-11-2/h16-17H,7-8,10-15,18-82H2,1-6,9H3. The molecule has 0 unspecified atom stereocenters. The van der Waals surface area contributed by atoms with Crippen LogP contribution in [0.1, 0.15) is 485 Å². The maximum Gasteiger partial charge on any atom is 0.246 e. The lowest BCUT2D eigenvalue weighted by atomic mass is 9.79. The zero-order valence-electron chi connectivity index (χ0n) is 63.9. The Morgan fingerprint density at radius 3 is 0.615 bits per heavy atom. The maximum absolute atomic E-state index is 16.1. The van der Waals surface area contributed by atoms with E-state index in [9.17, 15) is 0 Å². The summed E-state index contributed by atoms with van der Waals surface area (Å²) in [6.45, 7) is 23.7. The Hall–Kier alpha value is -1.62. The molecule has 91 heavy (non-hydrogen) atoms. The number of likely N-dealkylation sites (N-methyl/N-ethyl adjacent to an activating group) is 1. The molecule has 0 rings (SSSR count). The topological polar surface area (TPSA) is 43.9 Å². The number of hydrazine groups is 1. The molecular formula is C86H169N3O2. The third-order valence-electron chi connectivity index (χ3n) is 21.4. The first-order valence-corrected chi connectivity index (χ1v) is 42.3. The van der Waals surface area contributed by atoms with Gasteiger partial charge in [-0.1, -0.05) is 452 Å². The quantitative estimate of drug-likeness (QED) is 0.0264. The molecule has 0 saturated heterocycles. The number of nitrogens with zero attached hydrogens (tertiary/aromatic N) is 3. The Morgan fingerprint density at radius 2 is 0.429 bits per heavy atom. The average molecular weight is 1280 g/mol. The second-order valence-electron chi connectivity index (χ2n) is 30.1. The van der Waals surface area contributed by atoms with Gasteiger partial charge in [-0.05, 0) is 38.5 Å². The normalized spacial score (nSPS) is 12.0. The monoisotopic (exact) mass is 1280 g/mol. The summed E-state index contributed by atoms with van der Waals surface area (Å²) < 4.78 is 0. The van der Waals surface area contributed by atoms with Crippen molar-refractivity contribution in [1.29, 1.82) is 0 Å². The van der Waals surface area contributed by atoms with Crippen molar-refractivity contribution in [3.05, 3.63) is 25.3 Å². The van der Waals surface area contributed by atoms with Crippen LogP contribution in [-0.4, -0.2) is 57.9 Å². The molecule has 0 fully saturated rings. The van der Waals surface area contributed by atoms with Crippen LogP contribution < -0.4 is 0 Å². The van der Waals surface area contributed by atoms with E-state index < -0.39 is 0 Å². The molecule has 0 spiro atoms. The van der Waals surface area contributed by atoms with Crippen molar-refractivity contribution < 1.29 is 9.59 Å². The van der Waals surface area contributed by atoms with Crippen LogP contribution >= 0.6 is 0 Å². The Bertz CT molecular complexity index is 1460. The predicted molar refractivity (Wildman–Crippen MR) is 410 cm³/mol. The van der Waals surface area contributed by atoms with Crippen LogP contribution in [0.5, 0.6) is 0 Å². The van der Waals surface area contributed by atoms with Crippen molar-refractivity contribution in [2.45, 2.75) is 496 Å². The Kier molecular flexibility index (Phi) is 68.5. The summed E-state index contributed by atoms with van der Waals surface area (Å²) in [6, 6.07) is 0. The molecule has 0 heterocycles. The molecule has 0 aromatic carbocycles. The summed E-state index contributed by atoms with van der Waals surface area (Å²) in [5, 5.41) is 4.49. The predicted octanol–water partition coefficient (Wildman–Crippen LogP) is 29.4. The minimum Gasteiger partial charge on any atom is -0.333 e. The molecule has 0 aliphatic rings. The van der Waals surface area contributed by atoms with E-state index in [2.05, 4.69) is 76.7 Å². The lowest BCUT2D eigenvalue weighted by molar-refractivity contribution is -0.169. The Morgan fingerprint density at radius 1 is 0.253 bits per heavy atom. The summed E-state index contributed by atoms with van der Waals surface area (Å²) in [6.07, 6.45) is 92.0. The van der Waals surface area contributed by atoms with E-state index in [1.54, 1.807) is 0 Å². The van der Waals surface area contributed by atoms with Gasteiger partial charge in [-0.15, -0.1) is 13.2 Å². The second-order valence-corrected chi connectivity index (χ2v) is 30.1. The molecule has 5 nitrogen and oxygen atoms in total. The van der Waals surface area contributed by atoms with E-state index in [1.165, 1.54) is 360 Å². The van der Waals surface area contributed by atoms with E-state index in [4.69, 9.17) is 0 Å². The van der Waals surface area contributed by atoms with E-state index in [0.29, 0.717) is 13.1 Å². The van der Waals surface area contributed by atoms with Crippen LogP contribution in [0.15, 0.2) is 25.3 Å². The number of rotatable bonds is 77. The van der Waals surface area contributed by atoms with Gasteiger partial charge in [-0.25, -0.2) is 5.01 Å². The molecule has 2 amide bonds. The van der Waals surface area contributed by atoms with Gasteiger partial charge >= 0.3 is 0 Å². The van der Waals surface area contributed by atoms with Gasteiger partial charge in [-0.3, -0.25) is 14.6 Å². The van der Waals surface area contributed by atoms with E-state index in [-0.39, 0.29) is 29.3 Å². The largest absolute Gasteiger partial charge is 0.333 e. The van der Waals surface area contributed by atoms with Crippen molar-refractivity contribution in [1.82, 2.24) is 14.9 Å². The van der Waals surface area contributed by atoms with Crippen molar-refractivity contribution in [2.24, 2.45) is 0 Å². The smallest absolute Gasteiger partial charge is 0.246 e. The third-order valence-corrected chi connectivity index (χ3v) is 21.4. The number of hydrogen-bond donors (Lipinski definition) is 0. The fraction of sp³-hybridized carbons (Fsp3) is 0.930. The van der Waals surface area contributed by atoms with Crippen molar-refractivity contribution in [2.75, 3.05) is 20.1 Å². The number of carbonyl (C=O) groups is 2. The van der Waals surface area contributed by atoms with Gasteiger partial charge in [0.1, 0.15) is 6.42 Å². The van der Waals surface area contributed by atoms with Crippen LogP contribution in [0.25, 0.3) is 0 Å². The lowest BCUT2D eigenvalue weighted by Crippen LogP contribution is -2.60. The maximum atomic E-state index is 16.1. The molecule has 0 aromatic heterocycles. The third kappa shape index (κ3) is 52.2. The zero-order valence-corrected chi connectivity index (χ0v) is 63.9. The number of carbonyl (C=O) groups excluding carboxylic acids is 2. The van der Waals surface area contributed by atoms with Crippen LogP contribution in [0, 0.1) is 0 Å². The molecule has 5 heteroatoms. The highest BCUT2D eigenvalue weighted by Gasteiger charge is 2.44. The molecule has 0 bridgehead atoms. The van der Waals surface area contributed by atoms with Crippen LogP contribution in [0.2, 0.25) is 0 Å². The highest BCUT2D eigenvalue weighted by atomic mass is 16.2. The van der Waals surface area contributed by atoms with Crippen LogP contribution in [0.4, 0.5) is 0 Å². The summed E-state index contributed by atoms with van der Waals surface area (Å²) >= 11 is 0. The summed E-state index contributed by atoms with van der Waals surface area (Å²) in [4.78, 5) is 34.4. The average Bonchev–Trinajstić information content (AvgIpc) is 0.826. The van der Waals surface area contributed by atoms with Gasteiger partial charge in [0.15, 0.2) is 0 Å².